The molecule has 133 heavy (non-hydrogen) atoms. The van der Waals surface area contributed by atoms with Gasteiger partial charge in [0.15, 0.2) is 11.4 Å². The Morgan fingerprint density at radius 3 is 1.80 bits per heavy atom. The summed E-state index contributed by atoms with van der Waals surface area (Å²) < 4.78 is 39.7. The number of cyclic esters (lactones) is 2. The molecule has 0 saturated carbocycles. The number of aromatic hydroxyl groups is 1. The fraction of sp³-hybridized carbons (Fsp3) is 0.426. The number of aliphatic hydroxyl groups is 2. The summed E-state index contributed by atoms with van der Waals surface area (Å²) in [6.45, 7) is 10.6. The van der Waals surface area contributed by atoms with Crippen LogP contribution in [0.4, 0.5) is 0 Å². The molecule has 16 N–H and O–H groups in total. The first-order chi connectivity index (χ1) is 63.6. The van der Waals surface area contributed by atoms with E-state index in [0.29, 0.717) is 42.4 Å². The van der Waals surface area contributed by atoms with Crippen LogP contribution >= 0.6 is 21.6 Å². The Morgan fingerprint density at radius 2 is 1.21 bits per heavy atom. The summed E-state index contributed by atoms with van der Waals surface area (Å²) in [5, 5.41) is 53.8. The largest absolute Gasteiger partial charge is 0.508 e. The Bertz CT molecular complexity index is 5170. The van der Waals surface area contributed by atoms with Gasteiger partial charge in [0, 0.05) is 74.1 Å². The molecular formula is C94H117N13O24S2. The molecule has 1 saturated heterocycles. The number of unbranched alkanes of at least 4 members (excludes halogenated alkanes) is 1. The molecule has 0 radical (unpaired) electrons. The van der Waals surface area contributed by atoms with Crippen LogP contribution < -0.4 is 54.0 Å². The highest BCUT2D eigenvalue weighted by atomic mass is 33.1. The van der Waals surface area contributed by atoms with Crippen molar-refractivity contribution in [2.45, 2.75) is 204 Å². The Balaban J connectivity index is 1.09. The average molecular weight is 1880 g/mol. The van der Waals surface area contributed by atoms with Crippen molar-refractivity contribution in [2.24, 2.45) is 28.2 Å². The van der Waals surface area contributed by atoms with Crippen molar-refractivity contribution in [1.29, 1.82) is 0 Å². The summed E-state index contributed by atoms with van der Waals surface area (Å²) in [5.41, 5.74) is 10.1. The maximum absolute atomic E-state index is 15.5. The Labute approximate surface area is 777 Å². The summed E-state index contributed by atoms with van der Waals surface area (Å²) in [5.74, 6) is -15.4. The predicted molar refractivity (Wildman–Crippen MR) is 493 cm³/mol. The van der Waals surface area contributed by atoms with Crippen LogP contribution in [0.15, 0.2) is 173 Å². The Kier molecular flexibility index (Phi) is 41.2. The standard InChI is InChI=1S/C94H117N13O24S2/c1-10-29-71(110)93(6,91(123)125-8)73-36-21-14-12-16-23-39-77-100-68(52-128-77)90(122)131-74(37-22-15-13-17-24-38-76-99-67(51-127-76)89(121)130-73)94(7,92(124)126-9)72(30-11-2)129-78(112)45-44-75(111)98-64(47-57-31-19-18-20-32-57)83(115)104-69-53-132-133-54-70(87(119)107-80(56(5)108)81(96)113)105-88(120)79(55(3)4)106-82(114)63(35-27-28-46-95)101-85(117)66(49-59-50-97-62-34-26-25-33-61(59)62)103-84(116)65(102-86(69)118)48-58-40-42-60(109)43-41-58/h10-24,26,29-32,34,38-43,50-52,55-56,63-66,69-74,79-80,97,108-110H,25,27-28,33,35-37,44-49,53-54,95H2,1-9H3,(H2,96,113)(H,98,111)(H,101,117)(H,102,118)(H,103,116)(H,104,115)(H,105,120)(H,106,114)(H,107,119)/b16-12+,17-13+,21-14-,22-15-,29-10+,30-11+,38-24+,39-23+/t56?,63-,64+,65+,66+,69-,70-,71?,72?,73?,74?,79-,80+,93?,94?/m0/s1. The molecule has 714 valence electrons. The molecule has 5 aromatic rings. The van der Waals surface area contributed by atoms with E-state index in [0.717, 1.165) is 59.6 Å². The molecule has 3 aromatic heterocycles. The number of esters is 5. The summed E-state index contributed by atoms with van der Waals surface area (Å²) in [4.78, 5) is 215. The van der Waals surface area contributed by atoms with Crippen molar-refractivity contribution in [3.63, 3.8) is 0 Å². The molecule has 1 aliphatic carbocycles. The molecule has 8 rings (SSSR count). The monoisotopic (exact) mass is 1880 g/mol. The predicted octanol–water partition coefficient (Wildman–Crippen LogP) is 5.67. The molecular weight excluding hydrogens is 1760 g/mol. The number of rotatable bonds is 30. The van der Waals surface area contributed by atoms with Crippen LogP contribution in [0, 0.1) is 16.7 Å². The summed E-state index contributed by atoms with van der Waals surface area (Å²) in [6.07, 6.45) is 23.4. The maximum atomic E-state index is 15.5. The van der Waals surface area contributed by atoms with Crippen LogP contribution in [0.2, 0.25) is 0 Å². The molecule has 1 fully saturated rings. The minimum atomic E-state index is -2.13. The number of fused-ring (bicyclic) bond motifs is 5. The average Bonchev–Trinajstić information content (AvgIpc) is 1.17. The smallest absolute Gasteiger partial charge is 0.360 e. The molecule has 7 unspecified atom stereocenters. The van der Waals surface area contributed by atoms with Gasteiger partial charge in [-0.05, 0) is 126 Å². The quantitative estimate of drug-likeness (QED) is 0.00865. The number of phenols is 1. The van der Waals surface area contributed by atoms with Crippen LogP contribution in [-0.4, -0.2) is 224 Å². The molecule has 0 spiro atoms. The van der Waals surface area contributed by atoms with E-state index in [2.05, 4.69) is 57.5 Å². The molecule has 39 heteroatoms. The number of phenolic OH excluding ortho intramolecular Hbond substituents is 1. The minimum Gasteiger partial charge on any atom is -0.508 e. The lowest BCUT2D eigenvalue weighted by Gasteiger charge is -2.38. The number of amides is 9. The van der Waals surface area contributed by atoms with Crippen molar-refractivity contribution in [3.05, 3.63) is 216 Å². The van der Waals surface area contributed by atoms with Crippen molar-refractivity contribution in [2.75, 3.05) is 32.3 Å². The number of primary amides is 1. The lowest BCUT2D eigenvalue weighted by molar-refractivity contribution is -0.176. The van der Waals surface area contributed by atoms with E-state index in [1.165, 1.54) is 112 Å². The molecule has 2 aliphatic heterocycles. The molecule has 37 nitrogen and oxygen atoms in total. The number of H-pyrrole nitrogens is 1. The van der Waals surface area contributed by atoms with Gasteiger partial charge in [-0.15, -0.1) is 0 Å². The number of hydrogen-bond acceptors (Lipinski definition) is 29. The number of nitrogens with one attached hydrogen (secondary N) is 9. The van der Waals surface area contributed by atoms with Gasteiger partial charge in [0.2, 0.25) is 64.9 Å². The summed E-state index contributed by atoms with van der Waals surface area (Å²) in [7, 11) is 3.96. The summed E-state index contributed by atoms with van der Waals surface area (Å²) in [6, 6.07) is 1.63. The number of hydrogen-bond donors (Lipinski definition) is 14. The van der Waals surface area contributed by atoms with Crippen molar-refractivity contribution >= 4 is 123 Å². The molecule has 9 amide bonds. The number of carbonyl (C=O) groups is 14. The van der Waals surface area contributed by atoms with Gasteiger partial charge < -0.3 is 107 Å². The zero-order valence-corrected chi connectivity index (χ0v) is 76.9. The molecule has 4 bridgehead atoms. The van der Waals surface area contributed by atoms with Crippen LogP contribution in [0.25, 0.3) is 18.2 Å². The first-order valence-electron chi connectivity index (χ1n) is 43.3. The number of allylic oxidation sites excluding steroid dienone is 11. The van der Waals surface area contributed by atoms with Gasteiger partial charge in [-0.1, -0.05) is 163 Å². The number of carbonyl (C=O) groups excluding carboxylic acids is 14. The van der Waals surface area contributed by atoms with Crippen LogP contribution in [-0.2, 0) is 107 Å². The first kappa shape index (κ1) is 105. The van der Waals surface area contributed by atoms with Crippen LogP contribution in [0.5, 0.6) is 5.75 Å². The molecule has 3 aliphatic rings. The van der Waals surface area contributed by atoms with Crippen molar-refractivity contribution < 1.29 is 115 Å². The van der Waals surface area contributed by atoms with Gasteiger partial charge in [-0.3, -0.25) is 57.5 Å². The topological polar surface area (TPSA) is 562 Å². The van der Waals surface area contributed by atoms with E-state index in [9.17, 15) is 63.3 Å². The third kappa shape index (κ3) is 30.7. The van der Waals surface area contributed by atoms with Gasteiger partial charge >= 0.3 is 29.8 Å². The zero-order chi connectivity index (χ0) is 96.9. The van der Waals surface area contributed by atoms with Gasteiger partial charge in [0.05, 0.1) is 32.8 Å². The van der Waals surface area contributed by atoms with E-state index < -0.39 is 197 Å². The van der Waals surface area contributed by atoms with E-state index in [1.54, 1.807) is 94.6 Å². The number of methoxy groups -OCH3 is 2. The number of benzene rings is 2. The van der Waals surface area contributed by atoms with Gasteiger partial charge in [-0.2, -0.15) is 0 Å². The lowest BCUT2D eigenvalue weighted by atomic mass is 9.76. The number of aliphatic hydroxyl groups excluding tert-OH is 2. The van der Waals surface area contributed by atoms with Crippen LogP contribution in [0.1, 0.15) is 161 Å². The van der Waals surface area contributed by atoms with Gasteiger partial charge in [0.25, 0.3) is 0 Å². The summed E-state index contributed by atoms with van der Waals surface area (Å²) >= 11 is 0. The minimum absolute atomic E-state index is 0.00934. The highest BCUT2D eigenvalue weighted by Crippen LogP contribution is 2.38. The third-order valence-corrected chi connectivity index (χ3v) is 24.5. The van der Waals surface area contributed by atoms with Crippen molar-refractivity contribution in [3.8, 4) is 5.75 Å². The second kappa shape index (κ2) is 52.1. The normalized spacial score (nSPS) is 23.0. The SMILES string of the molecule is C/C=C/C(O)C(C)(C(=O)OC)C1C\C=C/C=C/C=C/c2nc(co2)C(=O)OC(C(C)(C(=O)OC)C(/C=C/C)OC(=O)CCC(=O)N[C@H](Cc2ccccc2)C(=O)N[C@H]2CSSC[C@@H](C(=O)N[C@@H](C(N)=O)C(C)O)NC(=O)[C@H](C(C)C)NC(=O)[C@H](CCCCN)NC(=O)[C@@H](Cc3c[nH]c4c3CCC=C4)NC(=O)[C@@H](Cc3ccc(O)cc3)NC2=O)C\C=C/C=C/C=C/c2nc(co2)C(=O)O1. The van der Waals surface area contributed by atoms with E-state index in [-0.39, 0.29) is 79.7 Å². The molecule has 2 aromatic carbocycles. The van der Waals surface area contributed by atoms with Gasteiger partial charge in [-0.25, -0.2) is 19.6 Å². The first-order valence-corrected chi connectivity index (χ1v) is 45.8. The van der Waals surface area contributed by atoms with E-state index in [1.807, 2.05) is 12.2 Å². The van der Waals surface area contributed by atoms with E-state index in [4.69, 9.17) is 44.0 Å². The fourth-order valence-electron chi connectivity index (χ4n) is 14.4. The van der Waals surface area contributed by atoms with Crippen molar-refractivity contribution in [1.82, 2.24) is 57.5 Å². The fourth-order valence-corrected chi connectivity index (χ4v) is 16.8. The van der Waals surface area contributed by atoms with Gasteiger partial charge in [0.1, 0.15) is 95.8 Å². The number of nitrogens with two attached hydrogens (primary N) is 2. The lowest BCUT2D eigenvalue weighted by Crippen LogP contribution is -2.62. The van der Waals surface area contributed by atoms with Crippen LogP contribution in [0.3, 0.4) is 0 Å². The maximum Gasteiger partial charge on any atom is 0.360 e. The number of ether oxygens (including phenoxy) is 5. The second-order valence-electron chi connectivity index (χ2n) is 32.3. The molecule has 15 atom stereocenters. The number of aromatic nitrogens is 3. The molecule has 5 heterocycles. The Morgan fingerprint density at radius 1 is 0.639 bits per heavy atom. The zero-order valence-electron chi connectivity index (χ0n) is 75.3. The second-order valence-corrected chi connectivity index (χ2v) is 34.8. The highest BCUT2D eigenvalue weighted by molar-refractivity contribution is 8.76. The number of aromatic amines is 1. The van der Waals surface area contributed by atoms with E-state index >= 15 is 19.2 Å². The highest BCUT2D eigenvalue weighted by Gasteiger charge is 2.53. The number of oxazole rings is 2. The Hall–Kier alpha value is -13.2. The third-order valence-electron chi connectivity index (χ3n) is 22.1. The number of nitrogens with zero attached hydrogens (tertiary/aromatic N) is 2.